The van der Waals surface area contributed by atoms with Crippen LogP contribution in [-0.4, -0.2) is 72.6 Å². The number of likely N-dealkylation sites (tertiary alicyclic amines) is 1. The molecule has 1 N–H and O–H groups in total. The summed E-state index contributed by atoms with van der Waals surface area (Å²) in [6.45, 7) is -0.659. The van der Waals surface area contributed by atoms with E-state index in [4.69, 9.17) is 0 Å². The minimum absolute atomic E-state index is 0.0955. The van der Waals surface area contributed by atoms with Crippen LogP contribution in [-0.2, 0) is 16.1 Å². The number of hydrogen-bond donors (Lipinski definition) is 1. The zero-order valence-electron chi connectivity index (χ0n) is 21.9. The third-order valence-corrected chi connectivity index (χ3v) is 6.54. The molecule has 4 aromatic rings. The first kappa shape index (κ1) is 27.7. The zero-order valence-corrected chi connectivity index (χ0v) is 21.9. The third-order valence-electron chi connectivity index (χ3n) is 6.54. The molecule has 0 bridgehead atoms. The number of rotatable bonds is 8. The van der Waals surface area contributed by atoms with Crippen molar-refractivity contribution in [2.24, 2.45) is 0 Å². The van der Waals surface area contributed by atoms with Gasteiger partial charge in [0.2, 0.25) is 17.7 Å². The van der Waals surface area contributed by atoms with Gasteiger partial charge in [0.25, 0.3) is 0 Å². The van der Waals surface area contributed by atoms with Gasteiger partial charge in [0.05, 0.1) is 12.1 Å². The lowest BCUT2D eigenvalue weighted by atomic mass is 10.0. The maximum absolute atomic E-state index is 14.5. The number of aromatic nitrogens is 5. The summed E-state index contributed by atoms with van der Waals surface area (Å²) in [7, 11) is 0. The van der Waals surface area contributed by atoms with E-state index >= 15 is 0 Å². The summed E-state index contributed by atoms with van der Waals surface area (Å²) >= 11 is 0. The van der Waals surface area contributed by atoms with Gasteiger partial charge >= 0.3 is 6.61 Å². The Kier molecular flexibility index (Phi) is 7.64. The van der Waals surface area contributed by atoms with E-state index in [1.54, 1.807) is 37.5 Å². The van der Waals surface area contributed by atoms with Crippen molar-refractivity contribution in [3.8, 4) is 17.0 Å². The molecule has 2 atom stereocenters. The Morgan fingerprint density at radius 2 is 1.88 bits per heavy atom. The van der Waals surface area contributed by atoms with Gasteiger partial charge in [-0.1, -0.05) is 12.1 Å². The monoisotopic (exact) mass is 567 g/mol. The number of halogens is 3. The highest BCUT2D eigenvalue weighted by molar-refractivity contribution is 6.06. The number of amides is 2. The fourth-order valence-electron chi connectivity index (χ4n) is 4.66. The van der Waals surface area contributed by atoms with E-state index in [1.165, 1.54) is 29.8 Å². The fourth-order valence-corrected chi connectivity index (χ4v) is 4.66. The number of ether oxygens (including phenoxy) is 1. The molecule has 0 saturated carbocycles. The molecule has 0 aliphatic carbocycles. The van der Waals surface area contributed by atoms with Crippen molar-refractivity contribution in [3.05, 3.63) is 60.3 Å². The molecular formula is C27H24F3N7O4. The predicted octanol–water partition coefficient (Wildman–Crippen LogP) is 3.58. The number of carbonyl (C=O) groups excluding carboxylic acids is 3. The lowest BCUT2D eigenvalue weighted by molar-refractivity contribution is -0.137. The number of Topliss-reactive ketones (excluding diaryl/α,β-unsaturated/α-hetero) is 1. The smallest absolute Gasteiger partial charge is 0.388 e. The number of hydrogen-bond acceptors (Lipinski definition) is 8. The van der Waals surface area contributed by atoms with E-state index in [-0.39, 0.29) is 36.8 Å². The Bertz CT molecular complexity index is 1630. The maximum Gasteiger partial charge on any atom is 0.388 e. The van der Waals surface area contributed by atoms with Crippen LogP contribution in [0.1, 0.15) is 29.7 Å². The summed E-state index contributed by atoms with van der Waals surface area (Å²) in [5, 5.41) is 7.29. The molecule has 1 aliphatic heterocycles. The quantitative estimate of drug-likeness (QED) is 0.320. The first-order valence-corrected chi connectivity index (χ1v) is 12.6. The molecule has 0 unspecified atom stereocenters. The van der Waals surface area contributed by atoms with Gasteiger partial charge in [0, 0.05) is 42.8 Å². The molecule has 1 fully saturated rings. The number of carbonyl (C=O) groups is 3. The minimum Gasteiger partial charge on any atom is -0.417 e. The number of fused-ring (bicyclic) bond motifs is 1. The molecule has 0 radical (unpaired) electrons. The normalized spacial score (nSPS) is 16.8. The number of nitrogens with zero attached hydrogens (tertiary/aromatic N) is 6. The molecule has 1 aliphatic rings. The van der Waals surface area contributed by atoms with E-state index in [0.717, 1.165) is 16.0 Å². The number of benzene rings is 1. The van der Waals surface area contributed by atoms with Crippen molar-refractivity contribution < 1.29 is 32.3 Å². The van der Waals surface area contributed by atoms with Crippen LogP contribution >= 0.6 is 0 Å². The fraction of sp³-hybridized carbons (Fsp3) is 0.296. The van der Waals surface area contributed by atoms with E-state index in [0.29, 0.717) is 16.7 Å². The third kappa shape index (κ3) is 6.00. The average Bonchev–Trinajstić information content (AvgIpc) is 3.49. The van der Waals surface area contributed by atoms with E-state index < -0.39 is 36.5 Å². The Balaban J connectivity index is 1.37. The van der Waals surface area contributed by atoms with Crippen LogP contribution in [0.5, 0.6) is 5.88 Å². The second-order valence-corrected chi connectivity index (χ2v) is 9.44. The van der Waals surface area contributed by atoms with Crippen LogP contribution < -0.4 is 10.1 Å². The summed E-state index contributed by atoms with van der Waals surface area (Å²) in [5.74, 6) is -1.54. The van der Waals surface area contributed by atoms with Crippen LogP contribution in [0.25, 0.3) is 22.0 Å². The zero-order chi connectivity index (χ0) is 29.3. The van der Waals surface area contributed by atoms with Gasteiger partial charge in [0.1, 0.15) is 36.1 Å². The molecule has 41 heavy (non-hydrogen) atoms. The Labute approximate surface area is 231 Å². The molecule has 3 aromatic heterocycles. The van der Waals surface area contributed by atoms with Crippen molar-refractivity contribution in [2.75, 3.05) is 11.9 Å². The SMILES string of the molecule is CC(=O)c1nn(CC(=O)N2C[C@H](F)C[C@H]2C(=O)Nc2cccc(OC(F)F)n2)c2ccc(-c3cnc(C)nc3)cc12. The van der Waals surface area contributed by atoms with Crippen molar-refractivity contribution in [1.29, 1.82) is 0 Å². The molecule has 1 saturated heterocycles. The first-order valence-electron chi connectivity index (χ1n) is 12.6. The van der Waals surface area contributed by atoms with Gasteiger partial charge in [-0.25, -0.2) is 14.4 Å². The van der Waals surface area contributed by atoms with E-state index in [9.17, 15) is 27.6 Å². The number of ketones is 1. The summed E-state index contributed by atoms with van der Waals surface area (Å²) in [4.78, 5) is 52.0. The van der Waals surface area contributed by atoms with Crippen molar-refractivity contribution in [2.45, 2.75) is 45.6 Å². The van der Waals surface area contributed by atoms with E-state index in [1.807, 2.05) is 0 Å². The van der Waals surface area contributed by atoms with Crippen LogP contribution in [0.3, 0.4) is 0 Å². The topological polar surface area (TPSA) is 132 Å². The molecule has 2 amide bonds. The maximum atomic E-state index is 14.5. The highest BCUT2D eigenvalue weighted by atomic mass is 19.3. The molecule has 11 nitrogen and oxygen atoms in total. The Morgan fingerprint density at radius 3 is 2.59 bits per heavy atom. The molecular weight excluding hydrogens is 543 g/mol. The van der Waals surface area contributed by atoms with Gasteiger partial charge in [-0.15, -0.1) is 0 Å². The minimum atomic E-state index is -3.10. The largest absolute Gasteiger partial charge is 0.417 e. The van der Waals surface area contributed by atoms with E-state index in [2.05, 4.69) is 30.1 Å². The highest BCUT2D eigenvalue weighted by Gasteiger charge is 2.40. The molecule has 5 rings (SSSR count). The number of anilines is 1. The average molecular weight is 568 g/mol. The van der Waals surface area contributed by atoms with Crippen LogP contribution in [0.2, 0.25) is 0 Å². The Hall–Kier alpha value is -4.88. The Morgan fingerprint density at radius 1 is 1.12 bits per heavy atom. The lowest BCUT2D eigenvalue weighted by Crippen LogP contribution is -2.44. The lowest BCUT2D eigenvalue weighted by Gasteiger charge is -2.23. The van der Waals surface area contributed by atoms with Crippen LogP contribution in [0.15, 0.2) is 48.8 Å². The van der Waals surface area contributed by atoms with Gasteiger partial charge in [0.15, 0.2) is 5.78 Å². The van der Waals surface area contributed by atoms with Gasteiger partial charge in [-0.3, -0.25) is 19.1 Å². The number of nitrogens with one attached hydrogen (secondary N) is 1. The molecule has 14 heteroatoms. The molecule has 4 heterocycles. The summed E-state index contributed by atoms with van der Waals surface area (Å²) < 4.78 is 45.1. The molecule has 1 aromatic carbocycles. The van der Waals surface area contributed by atoms with Gasteiger partial charge in [-0.2, -0.15) is 18.9 Å². The second-order valence-electron chi connectivity index (χ2n) is 9.44. The van der Waals surface area contributed by atoms with Crippen LogP contribution in [0.4, 0.5) is 19.0 Å². The van der Waals surface area contributed by atoms with Crippen LogP contribution in [0, 0.1) is 6.92 Å². The number of aryl methyl sites for hydroxylation is 1. The highest BCUT2D eigenvalue weighted by Crippen LogP contribution is 2.28. The number of alkyl halides is 3. The van der Waals surface area contributed by atoms with Crippen molar-refractivity contribution in [1.82, 2.24) is 29.6 Å². The van der Waals surface area contributed by atoms with Crippen molar-refractivity contribution >= 4 is 34.3 Å². The second kappa shape index (κ2) is 11.3. The standard InChI is InChI=1S/C27H24F3N7O4/c1-14(38)25-19-8-16(17-10-31-15(2)32-11-17)6-7-20(19)37(35-25)13-24(39)36-12-18(28)9-21(36)26(40)34-22-4-3-5-23(33-22)41-27(29)30/h3-8,10-11,18,21,27H,9,12-13H2,1-2H3,(H,33,34,40)/t18-,21+/m1/s1. The molecule has 0 spiro atoms. The van der Waals surface area contributed by atoms with Gasteiger partial charge in [-0.05, 0) is 30.7 Å². The summed E-state index contributed by atoms with van der Waals surface area (Å²) in [6, 6.07) is 7.96. The molecule has 212 valence electrons. The summed E-state index contributed by atoms with van der Waals surface area (Å²) in [5.41, 5.74) is 2.13. The predicted molar refractivity (Wildman–Crippen MR) is 140 cm³/mol. The summed E-state index contributed by atoms with van der Waals surface area (Å²) in [6.07, 6.45) is 1.60. The van der Waals surface area contributed by atoms with Crippen molar-refractivity contribution in [3.63, 3.8) is 0 Å². The van der Waals surface area contributed by atoms with Gasteiger partial charge < -0.3 is 15.0 Å². The number of pyridine rings is 1. The first-order chi connectivity index (χ1) is 19.6.